The molecule has 1 aromatic heterocycles. The van der Waals surface area contributed by atoms with Crippen LogP contribution in [-0.4, -0.2) is 51.6 Å². The second-order valence-electron chi connectivity index (χ2n) is 6.99. The predicted molar refractivity (Wildman–Crippen MR) is 88.6 cm³/mol. The van der Waals surface area contributed by atoms with E-state index in [2.05, 4.69) is 10.3 Å². The lowest BCUT2D eigenvalue weighted by molar-refractivity contribution is -0.140. The molecular weight excluding hydrogens is 320 g/mol. The number of nitrogens with zero attached hydrogens (tertiary/aromatic N) is 4. The fourth-order valence-corrected chi connectivity index (χ4v) is 3.54. The van der Waals surface area contributed by atoms with E-state index in [1.54, 1.807) is 0 Å². The largest absolute Gasteiger partial charge is 0.485 e. The van der Waals surface area contributed by atoms with Crippen LogP contribution in [0.5, 0.6) is 11.5 Å². The quantitative estimate of drug-likeness (QED) is 0.852. The number of hydrogen-bond acceptors (Lipinski definition) is 5. The SMILES string of the molecule is O=C([C@@H]1COc2ccccc2O1)N1CC[C@H](n2cc(C3CC3)nn2)C1. The second-order valence-corrected chi connectivity index (χ2v) is 6.99. The third kappa shape index (κ3) is 2.73. The van der Waals surface area contributed by atoms with E-state index in [9.17, 15) is 4.79 Å². The monoisotopic (exact) mass is 340 g/mol. The Morgan fingerprint density at radius 3 is 2.84 bits per heavy atom. The van der Waals surface area contributed by atoms with Crippen LogP contribution in [0.4, 0.5) is 0 Å². The van der Waals surface area contributed by atoms with Crippen LogP contribution >= 0.6 is 0 Å². The van der Waals surface area contributed by atoms with Gasteiger partial charge in [0.25, 0.3) is 5.91 Å². The fraction of sp³-hybridized carbons (Fsp3) is 0.500. The smallest absolute Gasteiger partial charge is 0.267 e. The van der Waals surface area contributed by atoms with Crippen molar-refractivity contribution < 1.29 is 14.3 Å². The number of likely N-dealkylation sites (tertiary alicyclic amines) is 1. The summed E-state index contributed by atoms with van der Waals surface area (Å²) in [6, 6.07) is 7.65. The van der Waals surface area contributed by atoms with Crippen molar-refractivity contribution in [1.29, 1.82) is 0 Å². The summed E-state index contributed by atoms with van der Waals surface area (Å²) >= 11 is 0. The van der Waals surface area contributed by atoms with Gasteiger partial charge in [0, 0.05) is 25.2 Å². The molecule has 0 unspecified atom stereocenters. The van der Waals surface area contributed by atoms with Gasteiger partial charge in [-0.05, 0) is 31.4 Å². The molecule has 25 heavy (non-hydrogen) atoms. The van der Waals surface area contributed by atoms with Gasteiger partial charge in [-0.2, -0.15) is 0 Å². The number of fused-ring (bicyclic) bond motifs is 1. The number of para-hydroxylation sites is 2. The van der Waals surface area contributed by atoms with Crippen molar-refractivity contribution >= 4 is 5.91 Å². The van der Waals surface area contributed by atoms with E-state index in [4.69, 9.17) is 9.47 Å². The maximum atomic E-state index is 12.8. The van der Waals surface area contributed by atoms with Crippen molar-refractivity contribution in [3.05, 3.63) is 36.2 Å². The van der Waals surface area contributed by atoms with Crippen LogP contribution in [0.2, 0.25) is 0 Å². The summed E-state index contributed by atoms with van der Waals surface area (Å²) in [4.78, 5) is 14.6. The van der Waals surface area contributed by atoms with Crippen LogP contribution in [0.15, 0.2) is 30.5 Å². The highest BCUT2D eigenvalue weighted by atomic mass is 16.6. The van der Waals surface area contributed by atoms with Gasteiger partial charge in [0.2, 0.25) is 6.10 Å². The molecule has 0 radical (unpaired) electrons. The number of carbonyl (C=O) groups excluding carboxylic acids is 1. The maximum Gasteiger partial charge on any atom is 0.267 e. The Morgan fingerprint density at radius 1 is 1.16 bits per heavy atom. The molecule has 2 aromatic rings. The van der Waals surface area contributed by atoms with Crippen molar-refractivity contribution in [2.24, 2.45) is 0 Å². The molecule has 0 spiro atoms. The van der Waals surface area contributed by atoms with Gasteiger partial charge >= 0.3 is 0 Å². The zero-order valence-corrected chi connectivity index (χ0v) is 13.9. The van der Waals surface area contributed by atoms with Crippen molar-refractivity contribution in [2.45, 2.75) is 37.3 Å². The molecule has 130 valence electrons. The molecule has 1 amide bonds. The summed E-state index contributed by atoms with van der Waals surface area (Å²) in [5.74, 6) is 1.91. The fourth-order valence-electron chi connectivity index (χ4n) is 3.54. The second kappa shape index (κ2) is 5.75. The van der Waals surface area contributed by atoms with Gasteiger partial charge in [0.05, 0.1) is 11.7 Å². The third-order valence-corrected chi connectivity index (χ3v) is 5.16. The summed E-state index contributed by atoms with van der Waals surface area (Å²) in [5, 5.41) is 8.54. The molecule has 1 aliphatic carbocycles. The number of hydrogen-bond donors (Lipinski definition) is 0. The summed E-state index contributed by atoms with van der Waals surface area (Å²) in [7, 11) is 0. The third-order valence-electron chi connectivity index (χ3n) is 5.16. The highest BCUT2D eigenvalue weighted by Crippen LogP contribution is 2.39. The Labute approximate surface area is 145 Å². The lowest BCUT2D eigenvalue weighted by Gasteiger charge is -2.28. The van der Waals surface area contributed by atoms with Crippen LogP contribution in [0.3, 0.4) is 0 Å². The first-order valence-electron chi connectivity index (χ1n) is 8.87. The van der Waals surface area contributed by atoms with Gasteiger partial charge < -0.3 is 14.4 Å². The highest BCUT2D eigenvalue weighted by Gasteiger charge is 2.36. The Balaban J connectivity index is 1.24. The van der Waals surface area contributed by atoms with E-state index in [0.29, 0.717) is 30.5 Å². The molecule has 0 N–H and O–H groups in total. The van der Waals surface area contributed by atoms with E-state index in [0.717, 1.165) is 12.1 Å². The Morgan fingerprint density at radius 2 is 2.00 bits per heavy atom. The van der Waals surface area contributed by atoms with Crippen LogP contribution < -0.4 is 9.47 Å². The first kappa shape index (κ1) is 14.7. The predicted octanol–water partition coefficient (Wildman–Crippen LogP) is 1.77. The van der Waals surface area contributed by atoms with E-state index in [1.165, 1.54) is 12.8 Å². The molecule has 1 aromatic carbocycles. The molecule has 3 aliphatic rings. The van der Waals surface area contributed by atoms with Crippen molar-refractivity contribution in [1.82, 2.24) is 19.9 Å². The van der Waals surface area contributed by atoms with Crippen LogP contribution in [0.1, 0.15) is 36.9 Å². The van der Waals surface area contributed by atoms with Crippen LogP contribution in [-0.2, 0) is 4.79 Å². The first-order valence-corrected chi connectivity index (χ1v) is 8.87. The van der Waals surface area contributed by atoms with Gasteiger partial charge in [0.15, 0.2) is 11.5 Å². The number of carbonyl (C=O) groups is 1. The number of amides is 1. The Bertz CT molecular complexity index is 801. The highest BCUT2D eigenvalue weighted by molar-refractivity contribution is 5.82. The number of rotatable bonds is 3. The molecule has 5 rings (SSSR count). The maximum absolute atomic E-state index is 12.8. The standard InChI is InChI=1S/C18H20N4O3/c23-18(17-11-24-15-3-1-2-4-16(15)25-17)21-8-7-13(9-21)22-10-14(19-20-22)12-5-6-12/h1-4,10,12-13,17H,5-9,11H2/t13-,17-/m0/s1. The minimum Gasteiger partial charge on any atom is -0.485 e. The number of aromatic nitrogens is 3. The topological polar surface area (TPSA) is 69.5 Å². The molecule has 2 fully saturated rings. The van der Waals surface area contributed by atoms with E-state index in [1.807, 2.05) is 40.0 Å². The molecule has 2 atom stereocenters. The van der Waals surface area contributed by atoms with Gasteiger partial charge in [-0.3, -0.25) is 4.79 Å². The number of benzene rings is 1. The molecule has 1 saturated carbocycles. The summed E-state index contributed by atoms with van der Waals surface area (Å²) in [6.07, 6.45) is 4.80. The molecule has 2 aliphatic heterocycles. The molecule has 3 heterocycles. The van der Waals surface area contributed by atoms with Gasteiger partial charge in [-0.1, -0.05) is 17.3 Å². The van der Waals surface area contributed by atoms with Crippen molar-refractivity contribution in [3.63, 3.8) is 0 Å². The first-order chi connectivity index (χ1) is 12.3. The molecular formula is C18H20N4O3. The molecule has 0 bridgehead atoms. The Kier molecular flexibility index (Phi) is 3.39. The van der Waals surface area contributed by atoms with E-state index >= 15 is 0 Å². The minimum absolute atomic E-state index is 0.0143. The molecule has 1 saturated heterocycles. The number of ether oxygens (including phenoxy) is 2. The van der Waals surface area contributed by atoms with E-state index in [-0.39, 0.29) is 18.6 Å². The molecule has 7 nitrogen and oxygen atoms in total. The zero-order chi connectivity index (χ0) is 16.8. The summed E-state index contributed by atoms with van der Waals surface area (Å²) in [5.41, 5.74) is 1.09. The summed E-state index contributed by atoms with van der Waals surface area (Å²) < 4.78 is 13.4. The normalized spacial score (nSPS) is 25.2. The van der Waals surface area contributed by atoms with Gasteiger partial charge in [0.1, 0.15) is 6.61 Å². The average Bonchev–Trinajstić information content (AvgIpc) is 3.19. The average molecular weight is 340 g/mol. The van der Waals surface area contributed by atoms with Gasteiger partial charge in [-0.25, -0.2) is 4.68 Å². The molecule has 7 heteroatoms. The zero-order valence-electron chi connectivity index (χ0n) is 13.9. The lowest BCUT2D eigenvalue weighted by atomic mass is 10.2. The lowest BCUT2D eigenvalue weighted by Crippen LogP contribution is -2.45. The van der Waals surface area contributed by atoms with Crippen LogP contribution in [0, 0.1) is 0 Å². The van der Waals surface area contributed by atoms with Crippen LogP contribution in [0.25, 0.3) is 0 Å². The van der Waals surface area contributed by atoms with E-state index < -0.39 is 6.10 Å². The van der Waals surface area contributed by atoms with Crippen molar-refractivity contribution in [3.8, 4) is 11.5 Å². The summed E-state index contributed by atoms with van der Waals surface area (Å²) in [6.45, 7) is 1.61. The minimum atomic E-state index is -0.577. The Hall–Kier alpha value is -2.57. The van der Waals surface area contributed by atoms with Gasteiger partial charge in [-0.15, -0.1) is 5.10 Å². The van der Waals surface area contributed by atoms with Crippen molar-refractivity contribution in [2.75, 3.05) is 19.7 Å².